The zero-order chi connectivity index (χ0) is 16.7. The highest BCUT2D eigenvalue weighted by atomic mass is 16.5. The summed E-state index contributed by atoms with van der Waals surface area (Å²) in [6.45, 7) is 2.69. The zero-order valence-electron chi connectivity index (χ0n) is 14.0. The Morgan fingerprint density at radius 3 is 2.57 bits per heavy atom. The minimum atomic E-state index is -0.232. The number of amides is 2. The Balaban J connectivity index is 2.21. The third kappa shape index (κ3) is 4.47. The van der Waals surface area contributed by atoms with Crippen molar-refractivity contribution in [1.82, 2.24) is 10.2 Å². The largest absolute Gasteiger partial charge is 0.466 e. The van der Waals surface area contributed by atoms with E-state index in [1.165, 1.54) is 0 Å². The minimum Gasteiger partial charge on any atom is -0.466 e. The number of nitrogens with zero attached hydrogens (tertiary/aromatic N) is 1. The summed E-state index contributed by atoms with van der Waals surface area (Å²) in [5, 5.41) is 2.71. The first-order valence-electron chi connectivity index (χ1n) is 8.36. The van der Waals surface area contributed by atoms with Gasteiger partial charge in [-0.15, -0.1) is 0 Å². The Labute approximate surface area is 138 Å². The number of urea groups is 1. The molecule has 0 saturated heterocycles. The minimum absolute atomic E-state index is 0.108. The van der Waals surface area contributed by atoms with Gasteiger partial charge >= 0.3 is 12.0 Å². The van der Waals surface area contributed by atoms with Gasteiger partial charge in [0.05, 0.1) is 12.5 Å². The fourth-order valence-corrected chi connectivity index (χ4v) is 3.27. The summed E-state index contributed by atoms with van der Waals surface area (Å²) >= 11 is 0. The van der Waals surface area contributed by atoms with E-state index in [0.717, 1.165) is 31.2 Å². The van der Waals surface area contributed by atoms with Crippen molar-refractivity contribution < 1.29 is 14.3 Å². The van der Waals surface area contributed by atoms with Crippen molar-refractivity contribution in [2.24, 2.45) is 5.92 Å². The molecule has 0 aromatic heterocycles. The lowest BCUT2D eigenvalue weighted by atomic mass is 9.83. The Bertz CT molecular complexity index is 518. The molecule has 0 bridgehead atoms. The van der Waals surface area contributed by atoms with E-state index >= 15 is 0 Å². The van der Waals surface area contributed by atoms with Crippen LogP contribution >= 0.6 is 0 Å². The van der Waals surface area contributed by atoms with E-state index in [2.05, 4.69) is 5.32 Å². The Hall–Kier alpha value is -2.04. The van der Waals surface area contributed by atoms with Gasteiger partial charge in [0.1, 0.15) is 0 Å². The van der Waals surface area contributed by atoms with Crippen LogP contribution in [0, 0.1) is 5.92 Å². The van der Waals surface area contributed by atoms with Crippen molar-refractivity contribution in [2.75, 3.05) is 13.7 Å². The van der Waals surface area contributed by atoms with Crippen LogP contribution in [0.5, 0.6) is 0 Å². The quantitative estimate of drug-likeness (QED) is 0.849. The van der Waals surface area contributed by atoms with Gasteiger partial charge in [-0.3, -0.25) is 4.79 Å². The number of esters is 1. The highest BCUT2D eigenvalue weighted by Gasteiger charge is 2.37. The van der Waals surface area contributed by atoms with Crippen molar-refractivity contribution in [2.45, 2.75) is 45.2 Å². The van der Waals surface area contributed by atoms with E-state index in [1.54, 1.807) is 11.9 Å². The summed E-state index contributed by atoms with van der Waals surface area (Å²) in [6, 6.07) is 9.62. The van der Waals surface area contributed by atoms with Crippen molar-refractivity contribution in [1.29, 1.82) is 0 Å². The molecule has 0 spiro atoms. The van der Waals surface area contributed by atoms with E-state index in [0.29, 0.717) is 13.2 Å². The predicted molar refractivity (Wildman–Crippen MR) is 88.8 cm³/mol. The first-order valence-corrected chi connectivity index (χ1v) is 8.36. The number of nitrogens with one attached hydrogen (secondary N) is 1. The summed E-state index contributed by atoms with van der Waals surface area (Å²) in [6.07, 6.45) is 3.66. The number of carbonyl (C=O) groups is 2. The number of carbonyl (C=O) groups excluding carboxylic acids is 2. The molecule has 23 heavy (non-hydrogen) atoms. The molecule has 0 aliphatic heterocycles. The smallest absolute Gasteiger partial charge is 0.317 e. The number of hydrogen-bond acceptors (Lipinski definition) is 3. The fourth-order valence-electron chi connectivity index (χ4n) is 3.27. The standard InChI is InChI=1S/C18H26N2O3/c1-3-23-17(21)15-11-7-8-12-16(15)20(18(22)19-2)13-14-9-5-4-6-10-14/h4-6,9-10,15-16H,3,7-8,11-13H2,1-2H3,(H,19,22)/t15-,16+/m0/s1. The van der Waals surface area contributed by atoms with E-state index in [4.69, 9.17) is 4.74 Å². The van der Waals surface area contributed by atoms with Crippen LogP contribution in [0.1, 0.15) is 38.2 Å². The van der Waals surface area contributed by atoms with E-state index in [-0.39, 0.29) is 24.0 Å². The Morgan fingerprint density at radius 2 is 1.91 bits per heavy atom. The van der Waals surface area contributed by atoms with Crippen LogP contribution in [0.4, 0.5) is 4.79 Å². The van der Waals surface area contributed by atoms with Crippen molar-refractivity contribution in [3.05, 3.63) is 35.9 Å². The van der Waals surface area contributed by atoms with Gasteiger partial charge in [-0.1, -0.05) is 43.2 Å². The van der Waals surface area contributed by atoms with Crippen LogP contribution in [-0.4, -0.2) is 36.6 Å². The fraction of sp³-hybridized carbons (Fsp3) is 0.556. The number of hydrogen-bond donors (Lipinski definition) is 1. The van der Waals surface area contributed by atoms with Gasteiger partial charge in [0, 0.05) is 19.6 Å². The molecule has 1 saturated carbocycles. The lowest BCUT2D eigenvalue weighted by molar-refractivity contribution is -0.151. The summed E-state index contributed by atoms with van der Waals surface area (Å²) in [5.41, 5.74) is 1.06. The van der Waals surface area contributed by atoms with Crippen LogP contribution < -0.4 is 5.32 Å². The molecular formula is C18H26N2O3. The van der Waals surface area contributed by atoms with E-state index in [1.807, 2.05) is 37.3 Å². The lowest BCUT2D eigenvalue weighted by Gasteiger charge is -2.38. The molecule has 1 aliphatic carbocycles. The summed E-state index contributed by atoms with van der Waals surface area (Å²) < 4.78 is 5.23. The molecule has 126 valence electrons. The maximum atomic E-state index is 12.4. The first kappa shape index (κ1) is 17.3. The van der Waals surface area contributed by atoms with Gasteiger partial charge in [0.25, 0.3) is 0 Å². The molecule has 2 rings (SSSR count). The molecule has 5 nitrogen and oxygen atoms in total. The Morgan fingerprint density at radius 1 is 1.22 bits per heavy atom. The molecule has 0 radical (unpaired) electrons. The maximum Gasteiger partial charge on any atom is 0.317 e. The zero-order valence-corrected chi connectivity index (χ0v) is 14.0. The molecule has 1 aromatic rings. The van der Waals surface area contributed by atoms with Crippen molar-refractivity contribution in [3.8, 4) is 0 Å². The van der Waals surface area contributed by atoms with Crippen LogP contribution in [0.3, 0.4) is 0 Å². The third-order valence-corrected chi connectivity index (χ3v) is 4.39. The molecular weight excluding hydrogens is 292 g/mol. The molecule has 0 heterocycles. The monoisotopic (exact) mass is 318 g/mol. The average Bonchev–Trinajstić information content (AvgIpc) is 2.60. The number of rotatable bonds is 5. The van der Waals surface area contributed by atoms with Gasteiger partial charge in [-0.05, 0) is 25.3 Å². The van der Waals surface area contributed by atoms with Crippen LogP contribution in [-0.2, 0) is 16.1 Å². The number of ether oxygens (including phenoxy) is 1. The SMILES string of the molecule is CCOC(=O)[C@H]1CCCC[C@H]1N(Cc1ccccc1)C(=O)NC. The summed E-state index contributed by atoms with van der Waals surface area (Å²) in [7, 11) is 1.63. The predicted octanol–water partition coefficient (Wildman–Crippen LogP) is 2.95. The first-order chi connectivity index (χ1) is 11.2. The van der Waals surface area contributed by atoms with Crippen molar-refractivity contribution in [3.63, 3.8) is 0 Å². The molecule has 5 heteroatoms. The van der Waals surface area contributed by atoms with Gasteiger partial charge < -0.3 is 15.0 Å². The highest BCUT2D eigenvalue weighted by Crippen LogP contribution is 2.30. The molecule has 1 aliphatic rings. The third-order valence-electron chi connectivity index (χ3n) is 4.39. The van der Waals surface area contributed by atoms with E-state index < -0.39 is 0 Å². The van der Waals surface area contributed by atoms with Gasteiger partial charge in [0.2, 0.25) is 0 Å². The van der Waals surface area contributed by atoms with Crippen LogP contribution in [0.25, 0.3) is 0 Å². The van der Waals surface area contributed by atoms with Crippen LogP contribution in [0.2, 0.25) is 0 Å². The van der Waals surface area contributed by atoms with Crippen molar-refractivity contribution >= 4 is 12.0 Å². The summed E-state index contributed by atoms with van der Waals surface area (Å²) in [5.74, 6) is -0.413. The second-order valence-corrected chi connectivity index (χ2v) is 5.88. The molecule has 1 aromatic carbocycles. The van der Waals surface area contributed by atoms with Gasteiger partial charge in [0.15, 0.2) is 0 Å². The molecule has 1 N–H and O–H groups in total. The van der Waals surface area contributed by atoms with Crippen LogP contribution in [0.15, 0.2) is 30.3 Å². The van der Waals surface area contributed by atoms with E-state index in [9.17, 15) is 9.59 Å². The van der Waals surface area contributed by atoms with Gasteiger partial charge in [-0.25, -0.2) is 4.79 Å². The normalized spacial score (nSPS) is 20.6. The van der Waals surface area contributed by atoms with Gasteiger partial charge in [-0.2, -0.15) is 0 Å². The maximum absolute atomic E-state index is 12.4. The second kappa shape index (κ2) is 8.56. The number of benzene rings is 1. The molecule has 1 fully saturated rings. The Kier molecular flexibility index (Phi) is 6.44. The molecule has 2 atom stereocenters. The second-order valence-electron chi connectivity index (χ2n) is 5.88. The molecule has 2 amide bonds. The molecule has 0 unspecified atom stereocenters. The summed E-state index contributed by atoms with van der Waals surface area (Å²) in [4.78, 5) is 26.5. The topological polar surface area (TPSA) is 58.6 Å². The highest BCUT2D eigenvalue weighted by molar-refractivity contribution is 5.77. The lowest BCUT2D eigenvalue weighted by Crippen LogP contribution is -2.51. The average molecular weight is 318 g/mol.